The second-order valence-corrected chi connectivity index (χ2v) is 6.08. The Balaban J connectivity index is 1.88. The minimum atomic E-state index is -0.383. The lowest BCUT2D eigenvalue weighted by molar-refractivity contribution is 0.632. The Morgan fingerprint density at radius 1 is 1.09 bits per heavy atom. The van der Waals surface area contributed by atoms with Crippen molar-refractivity contribution in [1.82, 2.24) is 15.0 Å². The van der Waals surface area contributed by atoms with E-state index in [-0.39, 0.29) is 5.82 Å². The molecular formula is C15H15FN6S. The quantitative estimate of drug-likeness (QED) is 0.675. The lowest BCUT2D eigenvalue weighted by Crippen LogP contribution is -2.05. The first kappa shape index (κ1) is 15.2. The minimum Gasteiger partial charge on any atom is -0.393 e. The molecule has 23 heavy (non-hydrogen) atoms. The Kier molecular flexibility index (Phi) is 4.07. The molecular weight excluding hydrogens is 315 g/mol. The third-order valence-electron chi connectivity index (χ3n) is 3.26. The number of anilines is 5. The van der Waals surface area contributed by atoms with Crippen LogP contribution in [-0.4, -0.2) is 15.0 Å². The van der Waals surface area contributed by atoms with Crippen molar-refractivity contribution in [2.45, 2.75) is 13.8 Å². The molecule has 0 aliphatic heterocycles. The topological polar surface area (TPSA) is 88.8 Å². The number of aryl methyl sites for hydroxylation is 2. The molecule has 0 unspecified atom stereocenters. The van der Waals surface area contributed by atoms with E-state index >= 15 is 0 Å². The summed E-state index contributed by atoms with van der Waals surface area (Å²) in [5.74, 6) is 0.372. The largest absolute Gasteiger partial charge is 0.393 e. The molecule has 0 amide bonds. The van der Waals surface area contributed by atoms with Gasteiger partial charge in [-0.05, 0) is 26.0 Å². The number of hydrogen-bond donors (Lipinski definition) is 3. The van der Waals surface area contributed by atoms with E-state index < -0.39 is 0 Å². The van der Waals surface area contributed by atoms with Gasteiger partial charge in [0.25, 0.3) is 0 Å². The summed E-state index contributed by atoms with van der Waals surface area (Å²) in [5, 5.41) is 6.64. The highest BCUT2D eigenvalue weighted by Gasteiger charge is 2.12. The van der Waals surface area contributed by atoms with E-state index in [1.54, 1.807) is 18.2 Å². The van der Waals surface area contributed by atoms with E-state index in [1.807, 2.05) is 13.8 Å². The zero-order chi connectivity index (χ0) is 16.4. The van der Waals surface area contributed by atoms with Crippen LogP contribution in [0.1, 0.15) is 10.6 Å². The van der Waals surface area contributed by atoms with Gasteiger partial charge in [-0.25, -0.2) is 19.3 Å². The van der Waals surface area contributed by atoms with Gasteiger partial charge in [0.15, 0.2) is 16.8 Å². The number of halogens is 1. The summed E-state index contributed by atoms with van der Waals surface area (Å²) >= 11 is 1.51. The fourth-order valence-corrected chi connectivity index (χ4v) is 2.73. The summed E-state index contributed by atoms with van der Waals surface area (Å²) in [7, 11) is 0. The third kappa shape index (κ3) is 3.21. The van der Waals surface area contributed by atoms with Crippen LogP contribution in [0, 0.1) is 19.7 Å². The molecule has 3 rings (SSSR count). The van der Waals surface area contributed by atoms with E-state index in [2.05, 4.69) is 25.6 Å². The van der Waals surface area contributed by atoms with Gasteiger partial charge in [-0.3, -0.25) is 0 Å². The van der Waals surface area contributed by atoms with Crippen LogP contribution in [-0.2, 0) is 0 Å². The molecule has 2 heterocycles. The normalized spacial score (nSPS) is 10.6. The van der Waals surface area contributed by atoms with Gasteiger partial charge < -0.3 is 16.4 Å². The average Bonchev–Trinajstić information content (AvgIpc) is 2.84. The van der Waals surface area contributed by atoms with Crippen molar-refractivity contribution in [3.8, 4) is 0 Å². The van der Waals surface area contributed by atoms with Gasteiger partial charge in [0.05, 0.1) is 11.4 Å². The standard InChI is InChI=1S/C15H15FN6S/c1-8-9(2)23-15(20-8)22-14-12(17)13(18-7-19-14)21-11-6-4-3-5-10(11)16/h3-7H,17H2,1-2H3,(H2,18,19,20,21,22). The molecule has 1 aromatic carbocycles. The molecule has 0 atom stereocenters. The lowest BCUT2D eigenvalue weighted by Gasteiger charge is -2.11. The van der Waals surface area contributed by atoms with Crippen LogP contribution in [0.3, 0.4) is 0 Å². The Labute approximate surface area is 136 Å². The fraction of sp³-hybridized carbons (Fsp3) is 0.133. The van der Waals surface area contributed by atoms with Gasteiger partial charge in [0.1, 0.15) is 17.8 Å². The predicted octanol–water partition coefficient (Wildman–Crippen LogP) is 3.76. The Morgan fingerprint density at radius 2 is 1.78 bits per heavy atom. The third-order valence-corrected chi connectivity index (χ3v) is 4.25. The highest BCUT2D eigenvalue weighted by atomic mass is 32.1. The van der Waals surface area contributed by atoms with E-state index in [1.165, 1.54) is 23.7 Å². The molecule has 0 saturated heterocycles. The molecule has 6 nitrogen and oxygen atoms in total. The number of rotatable bonds is 4. The predicted molar refractivity (Wildman–Crippen MR) is 91.0 cm³/mol. The Morgan fingerprint density at radius 3 is 2.43 bits per heavy atom. The number of aromatic nitrogens is 3. The first-order valence-corrected chi connectivity index (χ1v) is 7.69. The van der Waals surface area contributed by atoms with Crippen molar-refractivity contribution >= 4 is 39.5 Å². The summed E-state index contributed by atoms with van der Waals surface area (Å²) in [6, 6.07) is 6.31. The maximum Gasteiger partial charge on any atom is 0.188 e. The molecule has 0 spiro atoms. The van der Waals surface area contributed by atoms with Gasteiger partial charge in [-0.2, -0.15) is 0 Å². The van der Waals surface area contributed by atoms with Crippen molar-refractivity contribution in [3.05, 3.63) is 47.0 Å². The van der Waals surface area contributed by atoms with Crippen molar-refractivity contribution in [1.29, 1.82) is 0 Å². The molecule has 0 saturated carbocycles. The van der Waals surface area contributed by atoms with Crippen LogP contribution in [0.5, 0.6) is 0 Å². The van der Waals surface area contributed by atoms with Crippen molar-refractivity contribution in [2.24, 2.45) is 0 Å². The molecule has 2 aromatic heterocycles. The van der Waals surface area contributed by atoms with Crippen molar-refractivity contribution < 1.29 is 4.39 Å². The molecule has 118 valence electrons. The maximum atomic E-state index is 13.7. The van der Waals surface area contributed by atoms with Gasteiger partial charge in [-0.1, -0.05) is 12.1 Å². The molecule has 0 fully saturated rings. The molecule has 0 aliphatic carbocycles. The number of nitrogen functional groups attached to an aromatic ring is 1. The summed E-state index contributed by atoms with van der Waals surface area (Å²) in [6.45, 7) is 3.93. The number of nitrogens with one attached hydrogen (secondary N) is 2. The van der Waals surface area contributed by atoms with Crippen LogP contribution in [0.2, 0.25) is 0 Å². The molecule has 4 N–H and O–H groups in total. The molecule has 0 aliphatic rings. The molecule has 8 heteroatoms. The van der Waals surface area contributed by atoms with Crippen LogP contribution in [0.15, 0.2) is 30.6 Å². The lowest BCUT2D eigenvalue weighted by atomic mass is 10.3. The monoisotopic (exact) mass is 330 g/mol. The average molecular weight is 330 g/mol. The SMILES string of the molecule is Cc1nc(Nc2ncnc(Nc3ccccc3F)c2N)sc1C. The molecule has 0 bridgehead atoms. The number of nitrogens with zero attached hydrogens (tertiary/aromatic N) is 3. The first-order valence-electron chi connectivity index (χ1n) is 6.87. The second kappa shape index (κ2) is 6.17. The van der Waals surface area contributed by atoms with Crippen molar-refractivity contribution in [3.63, 3.8) is 0 Å². The van der Waals surface area contributed by atoms with Gasteiger partial charge in [-0.15, -0.1) is 11.3 Å². The van der Waals surface area contributed by atoms with Crippen LogP contribution in [0.4, 0.5) is 32.5 Å². The van der Waals surface area contributed by atoms with Crippen LogP contribution < -0.4 is 16.4 Å². The summed E-state index contributed by atoms with van der Waals surface area (Å²) in [5.41, 5.74) is 7.62. The highest BCUT2D eigenvalue weighted by molar-refractivity contribution is 7.15. The molecule has 0 radical (unpaired) electrons. The van der Waals surface area contributed by atoms with E-state index in [0.29, 0.717) is 28.1 Å². The number of nitrogens with two attached hydrogens (primary N) is 1. The summed E-state index contributed by atoms with van der Waals surface area (Å²) in [6.07, 6.45) is 1.36. The zero-order valence-electron chi connectivity index (χ0n) is 12.6. The highest BCUT2D eigenvalue weighted by Crippen LogP contribution is 2.30. The zero-order valence-corrected chi connectivity index (χ0v) is 13.4. The summed E-state index contributed by atoms with van der Waals surface area (Å²) in [4.78, 5) is 13.7. The summed E-state index contributed by atoms with van der Waals surface area (Å²) < 4.78 is 13.7. The van der Waals surface area contributed by atoms with Gasteiger partial charge >= 0.3 is 0 Å². The number of benzene rings is 1. The van der Waals surface area contributed by atoms with E-state index in [4.69, 9.17) is 5.73 Å². The van der Waals surface area contributed by atoms with E-state index in [0.717, 1.165) is 10.6 Å². The van der Waals surface area contributed by atoms with Crippen LogP contribution >= 0.6 is 11.3 Å². The second-order valence-electron chi connectivity index (χ2n) is 4.88. The Bertz CT molecular complexity index is 828. The maximum absolute atomic E-state index is 13.7. The number of para-hydroxylation sites is 1. The molecule has 3 aromatic rings. The van der Waals surface area contributed by atoms with Crippen LogP contribution in [0.25, 0.3) is 0 Å². The minimum absolute atomic E-state index is 0.293. The van der Waals surface area contributed by atoms with Gasteiger partial charge in [0.2, 0.25) is 0 Å². The fourth-order valence-electron chi connectivity index (χ4n) is 1.91. The number of thiazole rings is 1. The van der Waals surface area contributed by atoms with E-state index in [9.17, 15) is 4.39 Å². The smallest absolute Gasteiger partial charge is 0.188 e. The number of hydrogen-bond acceptors (Lipinski definition) is 7. The van der Waals surface area contributed by atoms with Crippen molar-refractivity contribution in [2.75, 3.05) is 16.4 Å². The van der Waals surface area contributed by atoms with Gasteiger partial charge in [0, 0.05) is 4.88 Å². The Hall–Kier alpha value is -2.74. The first-order chi connectivity index (χ1) is 11.0.